The molecule has 1 fully saturated rings. The van der Waals surface area contributed by atoms with E-state index >= 15 is 0 Å². The predicted molar refractivity (Wildman–Crippen MR) is 92.7 cm³/mol. The Bertz CT molecular complexity index is 483. The summed E-state index contributed by atoms with van der Waals surface area (Å²) in [5.74, 6) is 0. The van der Waals surface area contributed by atoms with E-state index in [1.54, 1.807) is 11.8 Å². The van der Waals surface area contributed by atoms with Crippen LogP contribution in [-0.2, 0) is 0 Å². The first-order valence-corrected chi connectivity index (χ1v) is 9.08. The van der Waals surface area contributed by atoms with Gasteiger partial charge in [0.15, 0.2) is 0 Å². The van der Waals surface area contributed by atoms with Gasteiger partial charge in [0.05, 0.1) is 11.6 Å². The maximum absolute atomic E-state index is 9.85. The van der Waals surface area contributed by atoms with Crippen LogP contribution in [0.25, 0.3) is 0 Å². The van der Waals surface area contributed by atoms with Gasteiger partial charge < -0.3 is 10.4 Å². The summed E-state index contributed by atoms with van der Waals surface area (Å²) in [7, 11) is 0. The van der Waals surface area contributed by atoms with Crippen LogP contribution < -0.4 is 5.32 Å². The number of benzene rings is 1. The largest absolute Gasteiger partial charge is 0.394 e. The third-order valence-electron chi connectivity index (χ3n) is 3.88. The SMILES string of the molecule is CC(C)NC1(CO)CCCC(Sc2cc(Cl)ccc2Cl)C1. The van der Waals surface area contributed by atoms with Gasteiger partial charge in [-0.2, -0.15) is 0 Å². The van der Waals surface area contributed by atoms with Gasteiger partial charge >= 0.3 is 0 Å². The summed E-state index contributed by atoms with van der Waals surface area (Å²) in [6, 6.07) is 5.96. The van der Waals surface area contributed by atoms with Crippen molar-refractivity contribution in [1.29, 1.82) is 0 Å². The molecule has 5 heteroatoms. The van der Waals surface area contributed by atoms with Crippen molar-refractivity contribution in [2.24, 2.45) is 0 Å². The van der Waals surface area contributed by atoms with Crippen LogP contribution in [-0.4, -0.2) is 28.5 Å². The molecule has 2 atom stereocenters. The molecule has 0 amide bonds. The minimum Gasteiger partial charge on any atom is -0.394 e. The molecule has 0 radical (unpaired) electrons. The standard InChI is InChI=1S/C16H23Cl2NOS/c1-11(2)19-16(10-20)7-3-4-13(9-16)21-15-8-12(17)5-6-14(15)18/h5-6,8,11,13,19-20H,3-4,7,9-10H2,1-2H3. The first-order valence-electron chi connectivity index (χ1n) is 7.44. The second kappa shape index (κ2) is 7.56. The lowest BCUT2D eigenvalue weighted by Crippen LogP contribution is -2.54. The minimum absolute atomic E-state index is 0.158. The molecule has 2 N–H and O–H groups in total. The number of hydrogen-bond acceptors (Lipinski definition) is 3. The van der Waals surface area contributed by atoms with Gasteiger partial charge in [-0.15, -0.1) is 11.8 Å². The van der Waals surface area contributed by atoms with Gasteiger partial charge in [0.25, 0.3) is 0 Å². The zero-order chi connectivity index (χ0) is 15.5. The average Bonchev–Trinajstić information content (AvgIpc) is 2.42. The van der Waals surface area contributed by atoms with Crippen LogP contribution in [0.3, 0.4) is 0 Å². The van der Waals surface area contributed by atoms with E-state index in [1.807, 2.05) is 18.2 Å². The van der Waals surface area contributed by atoms with Crippen molar-refractivity contribution in [3.63, 3.8) is 0 Å². The number of aliphatic hydroxyl groups excluding tert-OH is 1. The molecule has 0 aliphatic heterocycles. The van der Waals surface area contributed by atoms with Gasteiger partial charge in [-0.1, -0.05) is 43.5 Å². The second-order valence-corrected chi connectivity index (χ2v) is 8.33. The second-order valence-electron chi connectivity index (χ2n) is 6.15. The van der Waals surface area contributed by atoms with Crippen LogP contribution in [0.4, 0.5) is 0 Å². The van der Waals surface area contributed by atoms with Crippen molar-refractivity contribution >= 4 is 35.0 Å². The fraction of sp³-hybridized carbons (Fsp3) is 0.625. The van der Waals surface area contributed by atoms with Crippen LogP contribution in [0.15, 0.2) is 23.1 Å². The third-order valence-corrected chi connectivity index (χ3v) is 5.89. The third kappa shape index (κ3) is 4.77. The van der Waals surface area contributed by atoms with Gasteiger partial charge in [0.1, 0.15) is 0 Å². The van der Waals surface area contributed by atoms with E-state index in [4.69, 9.17) is 23.2 Å². The molecule has 1 saturated carbocycles. The molecular formula is C16H23Cl2NOS. The quantitative estimate of drug-likeness (QED) is 0.805. The van der Waals surface area contributed by atoms with Gasteiger partial charge in [0, 0.05) is 26.7 Å². The fourth-order valence-electron chi connectivity index (χ4n) is 3.09. The summed E-state index contributed by atoms with van der Waals surface area (Å²) in [6.07, 6.45) is 4.25. The van der Waals surface area contributed by atoms with Crippen LogP contribution in [0.1, 0.15) is 39.5 Å². The van der Waals surface area contributed by atoms with Crippen LogP contribution >= 0.6 is 35.0 Å². The molecule has 1 aromatic carbocycles. The zero-order valence-corrected chi connectivity index (χ0v) is 14.9. The number of rotatable bonds is 5. The minimum atomic E-state index is -0.158. The smallest absolute Gasteiger partial charge is 0.0613 e. The molecule has 1 aliphatic rings. The number of thioether (sulfide) groups is 1. The molecule has 0 bridgehead atoms. The summed E-state index contributed by atoms with van der Waals surface area (Å²) in [5, 5.41) is 15.3. The Morgan fingerprint density at radius 1 is 1.43 bits per heavy atom. The molecule has 0 saturated heterocycles. The molecule has 1 aliphatic carbocycles. The fourth-order valence-corrected chi connectivity index (χ4v) is 5.00. The van der Waals surface area contributed by atoms with Crippen LogP contribution in [0.2, 0.25) is 10.0 Å². The van der Waals surface area contributed by atoms with E-state index in [1.165, 1.54) is 0 Å². The summed E-state index contributed by atoms with van der Waals surface area (Å²) in [6.45, 7) is 4.44. The van der Waals surface area contributed by atoms with E-state index in [2.05, 4.69) is 19.2 Å². The zero-order valence-electron chi connectivity index (χ0n) is 12.5. The summed E-state index contributed by atoms with van der Waals surface area (Å²) < 4.78 is 0. The molecule has 0 heterocycles. The maximum Gasteiger partial charge on any atom is 0.0613 e. The summed E-state index contributed by atoms with van der Waals surface area (Å²) in [4.78, 5) is 1.03. The maximum atomic E-state index is 9.85. The first kappa shape index (κ1) is 17.4. The topological polar surface area (TPSA) is 32.3 Å². The van der Waals surface area contributed by atoms with E-state index in [9.17, 15) is 5.11 Å². The molecule has 2 unspecified atom stereocenters. The van der Waals surface area contributed by atoms with Crippen molar-refractivity contribution in [3.8, 4) is 0 Å². The van der Waals surface area contributed by atoms with Crippen molar-refractivity contribution in [2.45, 2.75) is 61.3 Å². The first-order chi connectivity index (χ1) is 9.94. The van der Waals surface area contributed by atoms with Crippen LogP contribution in [0.5, 0.6) is 0 Å². The number of nitrogens with one attached hydrogen (secondary N) is 1. The molecule has 1 aromatic rings. The summed E-state index contributed by atoms with van der Waals surface area (Å²) >= 11 is 14.1. The Kier molecular flexibility index (Phi) is 6.27. The highest BCUT2D eigenvalue weighted by Crippen LogP contribution is 2.41. The lowest BCUT2D eigenvalue weighted by molar-refractivity contribution is 0.115. The van der Waals surface area contributed by atoms with E-state index in [-0.39, 0.29) is 12.1 Å². The highest BCUT2D eigenvalue weighted by Gasteiger charge is 2.36. The average molecular weight is 348 g/mol. The number of aliphatic hydroxyl groups is 1. The Hall–Kier alpha value is 0.0700. The molecule has 2 rings (SSSR count). The van der Waals surface area contributed by atoms with Crippen molar-refractivity contribution in [3.05, 3.63) is 28.2 Å². The van der Waals surface area contributed by atoms with Gasteiger partial charge in [-0.3, -0.25) is 0 Å². The predicted octanol–water partition coefficient (Wildman–Crippen LogP) is 4.76. The number of halogens is 2. The Balaban J connectivity index is 2.08. The summed E-state index contributed by atoms with van der Waals surface area (Å²) in [5.41, 5.74) is -0.158. The lowest BCUT2D eigenvalue weighted by atomic mass is 9.81. The molecule has 2 nitrogen and oxygen atoms in total. The Morgan fingerprint density at radius 3 is 2.86 bits per heavy atom. The van der Waals surface area contributed by atoms with Gasteiger partial charge in [-0.05, 0) is 37.5 Å². The molecule has 21 heavy (non-hydrogen) atoms. The van der Waals surface area contributed by atoms with Crippen molar-refractivity contribution in [2.75, 3.05) is 6.61 Å². The van der Waals surface area contributed by atoms with Gasteiger partial charge in [-0.25, -0.2) is 0 Å². The lowest BCUT2D eigenvalue weighted by Gasteiger charge is -2.41. The highest BCUT2D eigenvalue weighted by molar-refractivity contribution is 8.00. The highest BCUT2D eigenvalue weighted by atomic mass is 35.5. The monoisotopic (exact) mass is 347 g/mol. The Morgan fingerprint density at radius 2 is 2.19 bits per heavy atom. The van der Waals surface area contributed by atoms with Gasteiger partial charge in [0.2, 0.25) is 0 Å². The van der Waals surface area contributed by atoms with E-state index in [0.29, 0.717) is 16.3 Å². The van der Waals surface area contributed by atoms with Crippen LogP contribution in [0, 0.1) is 0 Å². The molecule has 0 spiro atoms. The van der Waals surface area contributed by atoms with Crippen molar-refractivity contribution in [1.82, 2.24) is 5.32 Å². The Labute approximate surface area is 141 Å². The normalized spacial score (nSPS) is 26.3. The molecular weight excluding hydrogens is 325 g/mol. The van der Waals surface area contributed by atoms with Crippen molar-refractivity contribution < 1.29 is 5.11 Å². The van der Waals surface area contributed by atoms with E-state index in [0.717, 1.165) is 35.6 Å². The molecule has 0 aromatic heterocycles. The molecule has 118 valence electrons. The number of hydrogen-bond donors (Lipinski definition) is 2. The van der Waals surface area contributed by atoms with E-state index < -0.39 is 0 Å².